The summed E-state index contributed by atoms with van der Waals surface area (Å²) in [6, 6.07) is 0. The first-order valence-electron chi connectivity index (χ1n) is 9.89. The maximum absolute atomic E-state index is 3.79. The van der Waals surface area contributed by atoms with Crippen LogP contribution in [0.15, 0.2) is 24.8 Å². The Balaban J connectivity index is 2.22. The summed E-state index contributed by atoms with van der Waals surface area (Å²) in [5.41, 5.74) is 0.335. The second-order valence-corrected chi connectivity index (χ2v) is 8.13. The fourth-order valence-electron chi connectivity index (χ4n) is 4.03. The van der Waals surface area contributed by atoms with Crippen LogP contribution in [0.25, 0.3) is 0 Å². The molecule has 0 aromatic carbocycles. The van der Waals surface area contributed by atoms with Gasteiger partial charge in [-0.1, -0.05) is 110 Å². The Kier molecular flexibility index (Phi) is 9.84. The maximum atomic E-state index is 3.79. The van der Waals surface area contributed by atoms with Crippen molar-refractivity contribution >= 4 is 0 Å². The molecule has 1 aliphatic rings. The topological polar surface area (TPSA) is 0 Å². The van der Waals surface area contributed by atoms with Crippen LogP contribution in [0.1, 0.15) is 97.8 Å². The number of rotatable bonds is 12. The third kappa shape index (κ3) is 8.20. The third-order valence-electron chi connectivity index (χ3n) is 5.59. The molecule has 128 valence electrons. The van der Waals surface area contributed by atoms with Crippen molar-refractivity contribution in [1.29, 1.82) is 0 Å². The lowest BCUT2D eigenvalue weighted by atomic mass is 9.80. The van der Waals surface area contributed by atoms with Crippen molar-refractivity contribution in [3.05, 3.63) is 24.8 Å². The van der Waals surface area contributed by atoms with Crippen molar-refractivity contribution in [3.63, 3.8) is 0 Å². The maximum Gasteiger partial charge on any atom is -0.0172 e. The van der Waals surface area contributed by atoms with Crippen molar-refractivity contribution in [2.75, 3.05) is 0 Å². The van der Waals surface area contributed by atoms with Gasteiger partial charge in [0.2, 0.25) is 0 Å². The van der Waals surface area contributed by atoms with Crippen LogP contribution >= 0.6 is 0 Å². The Bertz CT molecular complexity index is 310. The van der Waals surface area contributed by atoms with E-state index in [1.807, 2.05) is 6.08 Å². The normalized spacial score (nSPS) is 22.5. The molecule has 1 fully saturated rings. The lowest BCUT2D eigenvalue weighted by Gasteiger charge is -2.25. The van der Waals surface area contributed by atoms with Crippen LogP contribution in [0, 0.1) is 17.3 Å². The molecule has 0 unspecified atom stereocenters. The van der Waals surface area contributed by atoms with Gasteiger partial charge in [0.1, 0.15) is 0 Å². The summed E-state index contributed by atoms with van der Waals surface area (Å²) < 4.78 is 0. The van der Waals surface area contributed by atoms with Gasteiger partial charge in [-0.2, -0.15) is 0 Å². The molecule has 0 heterocycles. The number of allylic oxidation sites excluding steroid dienone is 3. The lowest BCUT2D eigenvalue weighted by Crippen LogP contribution is -2.14. The number of hydrogen-bond donors (Lipinski definition) is 0. The van der Waals surface area contributed by atoms with Crippen molar-refractivity contribution < 1.29 is 0 Å². The molecule has 0 nitrogen and oxygen atoms in total. The summed E-state index contributed by atoms with van der Waals surface area (Å²) in [7, 11) is 0. The molecule has 0 heteroatoms. The van der Waals surface area contributed by atoms with E-state index >= 15 is 0 Å². The van der Waals surface area contributed by atoms with E-state index in [1.54, 1.807) is 0 Å². The average Bonchev–Trinajstić information content (AvgIpc) is 2.94. The van der Waals surface area contributed by atoms with Gasteiger partial charge < -0.3 is 0 Å². The molecule has 0 amide bonds. The quantitative estimate of drug-likeness (QED) is 0.256. The molecule has 2 atom stereocenters. The van der Waals surface area contributed by atoms with Crippen molar-refractivity contribution in [2.24, 2.45) is 17.3 Å². The summed E-state index contributed by atoms with van der Waals surface area (Å²) in [5.74, 6) is 2.04. The van der Waals surface area contributed by atoms with Gasteiger partial charge in [-0.15, -0.1) is 0 Å². The van der Waals surface area contributed by atoms with Gasteiger partial charge in [0.15, 0.2) is 0 Å². The standard InChI is InChI=1S/C22H40/c1-5-7-9-10-11-12-14-20-15-13-16-21(20)17-19-22(3,4)18-8-6-2/h6,8,18,20-21H,2,5,7,9-17,19H2,1,3-4H3/t20-,21+/m0/s1. The summed E-state index contributed by atoms with van der Waals surface area (Å²) in [5, 5.41) is 0. The third-order valence-corrected chi connectivity index (χ3v) is 5.59. The van der Waals surface area contributed by atoms with E-state index in [-0.39, 0.29) is 0 Å². The number of unbranched alkanes of at least 4 members (excludes halogenated alkanes) is 5. The molecule has 0 saturated heterocycles. The van der Waals surface area contributed by atoms with Gasteiger partial charge in [-0.25, -0.2) is 0 Å². The Morgan fingerprint density at radius 1 is 0.955 bits per heavy atom. The minimum atomic E-state index is 0.335. The smallest absolute Gasteiger partial charge is 0.0172 e. The summed E-state index contributed by atoms with van der Waals surface area (Å²) >= 11 is 0. The molecule has 1 aliphatic carbocycles. The average molecular weight is 305 g/mol. The van der Waals surface area contributed by atoms with Crippen LogP contribution in [0.3, 0.4) is 0 Å². The lowest BCUT2D eigenvalue weighted by molar-refractivity contribution is 0.288. The highest BCUT2D eigenvalue weighted by Gasteiger charge is 2.28. The predicted molar refractivity (Wildman–Crippen MR) is 101 cm³/mol. The summed E-state index contributed by atoms with van der Waals surface area (Å²) in [4.78, 5) is 0. The van der Waals surface area contributed by atoms with Crippen LogP contribution in [0.4, 0.5) is 0 Å². The van der Waals surface area contributed by atoms with Gasteiger partial charge in [-0.3, -0.25) is 0 Å². The molecule has 0 spiro atoms. The van der Waals surface area contributed by atoms with E-state index in [2.05, 4.69) is 39.5 Å². The van der Waals surface area contributed by atoms with E-state index in [9.17, 15) is 0 Å². The molecule has 1 saturated carbocycles. The second-order valence-electron chi connectivity index (χ2n) is 8.13. The van der Waals surface area contributed by atoms with E-state index in [0.29, 0.717) is 5.41 Å². The van der Waals surface area contributed by atoms with Crippen LogP contribution in [-0.4, -0.2) is 0 Å². The zero-order valence-electron chi connectivity index (χ0n) is 15.6. The van der Waals surface area contributed by atoms with E-state index in [4.69, 9.17) is 0 Å². The Morgan fingerprint density at radius 2 is 1.59 bits per heavy atom. The Hall–Kier alpha value is -0.520. The Morgan fingerprint density at radius 3 is 2.27 bits per heavy atom. The van der Waals surface area contributed by atoms with Crippen molar-refractivity contribution in [1.82, 2.24) is 0 Å². The minimum Gasteiger partial charge on any atom is -0.0991 e. The highest BCUT2D eigenvalue weighted by molar-refractivity contribution is 5.03. The first-order chi connectivity index (χ1) is 10.6. The first kappa shape index (κ1) is 19.5. The number of hydrogen-bond acceptors (Lipinski definition) is 0. The van der Waals surface area contributed by atoms with Gasteiger partial charge in [0, 0.05) is 0 Å². The molecule has 0 N–H and O–H groups in total. The Labute approximate surface area is 140 Å². The van der Waals surface area contributed by atoms with Crippen LogP contribution < -0.4 is 0 Å². The van der Waals surface area contributed by atoms with Crippen LogP contribution in [0.2, 0.25) is 0 Å². The molecule has 0 aromatic heterocycles. The molecular weight excluding hydrogens is 264 g/mol. The minimum absolute atomic E-state index is 0.335. The SMILES string of the molecule is C=CC=CC(C)(C)CC[C@H]1CCC[C@@H]1CCCCCCCC. The van der Waals surface area contributed by atoms with Crippen LogP contribution in [0.5, 0.6) is 0 Å². The fraction of sp³-hybridized carbons (Fsp3) is 0.818. The fourth-order valence-corrected chi connectivity index (χ4v) is 4.03. The van der Waals surface area contributed by atoms with E-state index in [0.717, 1.165) is 11.8 Å². The highest BCUT2D eigenvalue weighted by Crippen LogP contribution is 2.40. The highest BCUT2D eigenvalue weighted by atomic mass is 14.3. The van der Waals surface area contributed by atoms with Gasteiger partial charge in [-0.05, 0) is 30.1 Å². The molecular formula is C22H40. The first-order valence-corrected chi connectivity index (χ1v) is 9.89. The van der Waals surface area contributed by atoms with Gasteiger partial charge in [0.25, 0.3) is 0 Å². The molecule has 0 aromatic rings. The molecule has 0 aliphatic heterocycles. The van der Waals surface area contributed by atoms with Crippen molar-refractivity contribution in [2.45, 2.75) is 97.8 Å². The zero-order chi connectivity index (χ0) is 16.3. The molecule has 0 bridgehead atoms. The molecule has 0 radical (unpaired) electrons. The molecule has 1 rings (SSSR count). The largest absolute Gasteiger partial charge is 0.0991 e. The zero-order valence-corrected chi connectivity index (χ0v) is 15.6. The van der Waals surface area contributed by atoms with Crippen molar-refractivity contribution in [3.8, 4) is 0 Å². The van der Waals surface area contributed by atoms with Gasteiger partial charge >= 0.3 is 0 Å². The van der Waals surface area contributed by atoms with E-state index in [1.165, 1.54) is 77.0 Å². The second kappa shape index (κ2) is 11.1. The predicted octanol–water partition coefficient (Wildman–Crippen LogP) is 7.70. The van der Waals surface area contributed by atoms with E-state index < -0.39 is 0 Å². The summed E-state index contributed by atoms with van der Waals surface area (Å²) in [6.45, 7) is 10.8. The molecule has 22 heavy (non-hydrogen) atoms. The summed E-state index contributed by atoms with van der Waals surface area (Å²) in [6.07, 6.45) is 23.7. The van der Waals surface area contributed by atoms with Gasteiger partial charge in [0.05, 0.1) is 0 Å². The van der Waals surface area contributed by atoms with Crippen LogP contribution in [-0.2, 0) is 0 Å². The monoisotopic (exact) mass is 304 g/mol.